The van der Waals surface area contributed by atoms with E-state index in [-0.39, 0.29) is 6.54 Å². The Kier molecular flexibility index (Phi) is 4.71. The fourth-order valence-corrected chi connectivity index (χ4v) is 4.06. The van der Waals surface area contributed by atoms with E-state index in [0.29, 0.717) is 5.69 Å². The maximum Gasteiger partial charge on any atom is 0.325 e. The zero-order valence-corrected chi connectivity index (χ0v) is 17.0. The Morgan fingerprint density at radius 2 is 1.86 bits per heavy atom. The van der Waals surface area contributed by atoms with Gasteiger partial charge in [0.1, 0.15) is 12.1 Å². The van der Waals surface area contributed by atoms with E-state index in [1.807, 2.05) is 18.2 Å². The number of carbonyl (C=O) groups is 3. The minimum atomic E-state index is -1.16. The highest BCUT2D eigenvalue weighted by Gasteiger charge is 2.49. The van der Waals surface area contributed by atoms with Crippen LogP contribution >= 0.6 is 15.9 Å². The van der Waals surface area contributed by atoms with Gasteiger partial charge in [-0.05, 0) is 67.1 Å². The molecule has 144 valence electrons. The molecule has 2 N–H and O–H groups in total. The summed E-state index contributed by atoms with van der Waals surface area (Å²) in [6.07, 6.45) is 3.15. The number of urea groups is 1. The van der Waals surface area contributed by atoms with Crippen molar-refractivity contribution < 1.29 is 14.4 Å². The van der Waals surface area contributed by atoms with Crippen LogP contribution in [0.25, 0.3) is 0 Å². The lowest BCUT2D eigenvalue weighted by Gasteiger charge is -2.23. The van der Waals surface area contributed by atoms with Crippen LogP contribution in [0.2, 0.25) is 0 Å². The molecule has 2 aromatic carbocycles. The van der Waals surface area contributed by atoms with Gasteiger partial charge in [0.05, 0.1) is 0 Å². The number of aryl methyl sites for hydroxylation is 2. The number of anilines is 1. The molecule has 0 spiro atoms. The van der Waals surface area contributed by atoms with Crippen molar-refractivity contribution >= 4 is 39.5 Å². The Morgan fingerprint density at radius 3 is 2.61 bits per heavy atom. The number of hydrogen-bond acceptors (Lipinski definition) is 3. The van der Waals surface area contributed by atoms with E-state index in [9.17, 15) is 14.4 Å². The second-order valence-electron chi connectivity index (χ2n) is 7.34. The SMILES string of the molecule is CC1(c2ccc3c(c2)CCC3)NC(=O)N(CC(=O)Nc2ccc(Br)cc2)C1=O. The first-order valence-electron chi connectivity index (χ1n) is 9.18. The van der Waals surface area contributed by atoms with Gasteiger partial charge in [-0.1, -0.05) is 34.1 Å². The average molecular weight is 442 g/mol. The molecule has 0 radical (unpaired) electrons. The van der Waals surface area contributed by atoms with Gasteiger partial charge in [0.2, 0.25) is 5.91 Å². The van der Waals surface area contributed by atoms with Crippen LogP contribution in [-0.2, 0) is 28.0 Å². The summed E-state index contributed by atoms with van der Waals surface area (Å²) in [5.74, 6) is -0.842. The number of halogens is 1. The van der Waals surface area contributed by atoms with E-state index >= 15 is 0 Å². The predicted molar refractivity (Wildman–Crippen MR) is 109 cm³/mol. The molecule has 1 aliphatic carbocycles. The quantitative estimate of drug-likeness (QED) is 0.714. The number of rotatable bonds is 4. The molecule has 28 heavy (non-hydrogen) atoms. The topological polar surface area (TPSA) is 78.5 Å². The van der Waals surface area contributed by atoms with Crippen molar-refractivity contribution in [1.82, 2.24) is 10.2 Å². The van der Waals surface area contributed by atoms with E-state index in [4.69, 9.17) is 0 Å². The summed E-state index contributed by atoms with van der Waals surface area (Å²) >= 11 is 3.33. The fourth-order valence-electron chi connectivity index (χ4n) is 3.80. The summed E-state index contributed by atoms with van der Waals surface area (Å²) in [5.41, 5.74) is 2.72. The lowest BCUT2D eigenvalue weighted by molar-refractivity contribution is -0.133. The molecule has 4 amide bonds. The molecule has 0 saturated carbocycles. The van der Waals surface area contributed by atoms with Gasteiger partial charge in [-0.15, -0.1) is 0 Å². The molecular weight excluding hydrogens is 422 g/mol. The summed E-state index contributed by atoms with van der Waals surface area (Å²) in [5, 5.41) is 5.47. The van der Waals surface area contributed by atoms with E-state index < -0.39 is 23.4 Å². The molecule has 0 aromatic heterocycles. The van der Waals surface area contributed by atoms with E-state index in [1.54, 1.807) is 31.2 Å². The molecule has 1 aliphatic heterocycles. The second kappa shape index (κ2) is 7.05. The van der Waals surface area contributed by atoms with Crippen molar-refractivity contribution in [1.29, 1.82) is 0 Å². The lowest BCUT2D eigenvalue weighted by atomic mass is 9.89. The van der Waals surface area contributed by atoms with Gasteiger partial charge < -0.3 is 10.6 Å². The Hall–Kier alpha value is -2.67. The average Bonchev–Trinajstić information content (AvgIpc) is 3.22. The number of amides is 4. The van der Waals surface area contributed by atoms with Crippen molar-refractivity contribution in [2.45, 2.75) is 31.7 Å². The summed E-state index contributed by atoms with van der Waals surface area (Å²) in [6.45, 7) is 1.36. The molecule has 1 saturated heterocycles. The van der Waals surface area contributed by atoms with Gasteiger partial charge in [0.25, 0.3) is 5.91 Å². The first kappa shape index (κ1) is 18.7. The highest BCUT2D eigenvalue weighted by Crippen LogP contribution is 2.32. The number of benzene rings is 2. The van der Waals surface area contributed by atoms with Gasteiger partial charge in [-0.3, -0.25) is 14.5 Å². The number of carbonyl (C=O) groups excluding carboxylic acids is 3. The molecule has 2 aromatic rings. The summed E-state index contributed by atoms with van der Waals surface area (Å²) in [7, 11) is 0. The number of nitrogens with zero attached hydrogens (tertiary/aromatic N) is 1. The maximum atomic E-state index is 13.0. The normalized spacial score (nSPS) is 20.9. The van der Waals surface area contributed by atoms with Gasteiger partial charge in [-0.2, -0.15) is 0 Å². The van der Waals surface area contributed by atoms with Crippen molar-refractivity contribution in [3.8, 4) is 0 Å². The molecule has 6 nitrogen and oxygen atoms in total. The molecule has 4 rings (SSSR count). The molecule has 2 aliphatic rings. The monoisotopic (exact) mass is 441 g/mol. The summed E-state index contributed by atoms with van der Waals surface area (Å²) < 4.78 is 0.893. The van der Waals surface area contributed by atoms with Crippen LogP contribution in [0.5, 0.6) is 0 Å². The third-order valence-corrected chi connectivity index (χ3v) is 5.91. The molecule has 7 heteroatoms. The zero-order chi connectivity index (χ0) is 19.9. The van der Waals surface area contributed by atoms with Crippen LogP contribution < -0.4 is 10.6 Å². The van der Waals surface area contributed by atoms with Crippen LogP contribution in [0.1, 0.15) is 30.0 Å². The fraction of sp³-hybridized carbons (Fsp3) is 0.286. The smallest absolute Gasteiger partial charge is 0.325 e. The van der Waals surface area contributed by atoms with Gasteiger partial charge in [-0.25, -0.2) is 4.79 Å². The van der Waals surface area contributed by atoms with Gasteiger partial charge in [0, 0.05) is 10.2 Å². The van der Waals surface area contributed by atoms with Gasteiger partial charge >= 0.3 is 6.03 Å². The third kappa shape index (κ3) is 3.30. The standard InChI is InChI=1S/C21H20BrN3O3/c1-21(15-6-5-13-3-2-4-14(13)11-15)19(27)25(20(28)24-21)12-18(26)23-17-9-7-16(22)8-10-17/h5-11H,2-4,12H2,1H3,(H,23,26)(H,24,28). The van der Waals surface area contributed by atoms with Crippen molar-refractivity contribution in [3.63, 3.8) is 0 Å². The highest BCUT2D eigenvalue weighted by atomic mass is 79.9. The molecule has 1 atom stereocenters. The minimum absolute atomic E-state index is 0.332. The molecule has 1 fully saturated rings. The first-order chi connectivity index (χ1) is 13.4. The Balaban J connectivity index is 1.50. The summed E-state index contributed by atoms with van der Waals surface area (Å²) in [4.78, 5) is 38.8. The predicted octanol–water partition coefficient (Wildman–Crippen LogP) is 3.34. The van der Waals surface area contributed by atoms with Crippen LogP contribution in [0.4, 0.5) is 10.5 Å². The molecule has 1 heterocycles. The largest absolute Gasteiger partial charge is 0.325 e. The minimum Gasteiger partial charge on any atom is -0.325 e. The number of hydrogen-bond donors (Lipinski definition) is 2. The molecule has 0 bridgehead atoms. The van der Waals surface area contributed by atoms with E-state index in [2.05, 4.69) is 26.6 Å². The number of imide groups is 1. The Bertz CT molecular complexity index is 973. The van der Waals surface area contributed by atoms with Crippen LogP contribution in [-0.4, -0.2) is 29.3 Å². The maximum absolute atomic E-state index is 13.0. The second-order valence-corrected chi connectivity index (χ2v) is 8.25. The first-order valence-corrected chi connectivity index (χ1v) is 9.98. The highest BCUT2D eigenvalue weighted by molar-refractivity contribution is 9.10. The third-order valence-electron chi connectivity index (χ3n) is 5.38. The Labute approximate surface area is 171 Å². The van der Waals surface area contributed by atoms with Crippen LogP contribution in [0.15, 0.2) is 46.9 Å². The van der Waals surface area contributed by atoms with Crippen LogP contribution in [0.3, 0.4) is 0 Å². The van der Waals surface area contributed by atoms with Gasteiger partial charge in [0.15, 0.2) is 0 Å². The zero-order valence-electron chi connectivity index (χ0n) is 15.4. The summed E-state index contributed by atoms with van der Waals surface area (Å²) in [6, 6.07) is 12.5. The molecule has 1 unspecified atom stereocenters. The molecular formula is C21H20BrN3O3. The number of fused-ring (bicyclic) bond motifs is 1. The Morgan fingerprint density at radius 1 is 1.14 bits per heavy atom. The van der Waals surface area contributed by atoms with Crippen molar-refractivity contribution in [3.05, 3.63) is 63.6 Å². The van der Waals surface area contributed by atoms with Crippen LogP contribution in [0, 0.1) is 0 Å². The number of nitrogens with one attached hydrogen (secondary N) is 2. The van der Waals surface area contributed by atoms with Crippen molar-refractivity contribution in [2.24, 2.45) is 0 Å². The lowest BCUT2D eigenvalue weighted by Crippen LogP contribution is -2.42. The van der Waals surface area contributed by atoms with E-state index in [1.165, 1.54) is 11.1 Å². The van der Waals surface area contributed by atoms with E-state index in [0.717, 1.165) is 34.2 Å². The van der Waals surface area contributed by atoms with Crippen molar-refractivity contribution in [2.75, 3.05) is 11.9 Å².